The Bertz CT molecular complexity index is 821. The quantitative estimate of drug-likeness (QED) is 0.829. The molecule has 0 aliphatic carbocycles. The van der Waals surface area contributed by atoms with Crippen molar-refractivity contribution in [2.45, 2.75) is 71.3 Å². The number of carbonyl (C=O) groups excluding carboxylic acids is 2. The van der Waals surface area contributed by atoms with Gasteiger partial charge >= 0.3 is 0 Å². The molecular formula is C23H32N2O4. The predicted molar refractivity (Wildman–Crippen MR) is 110 cm³/mol. The van der Waals surface area contributed by atoms with Crippen molar-refractivity contribution in [1.82, 2.24) is 10.2 Å². The minimum Gasteiger partial charge on any atom is -0.487 e. The maximum atomic E-state index is 12.8. The van der Waals surface area contributed by atoms with Gasteiger partial charge in [-0.05, 0) is 52.2 Å². The van der Waals surface area contributed by atoms with Gasteiger partial charge in [-0.25, -0.2) is 0 Å². The van der Waals surface area contributed by atoms with Crippen LogP contribution in [0, 0.1) is 18.8 Å². The second-order valence-corrected chi connectivity index (χ2v) is 9.44. The molecule has 6 nitrogen and oxygen atoms in total. The average Bonchev–Trinajstić information content (AvgIpc) is 2.64. The summed E-state index contributed by atoms with van der Waals surface area (Å²) in [5.41, 5.74) is 2.01. The van der Waals surface area contributed by atoms with Crippen molar-refractivity contribution in [1.29, 1.82) is 0 Å². The van der Waals surface area contributed by atoms with Gasteiger partial charge in [0.05, 0.1) is 12.2 Å². The highest BCUT2D eigenvalue weighted by atomic mass is 16.5. The van der Waals surface area contributed by atoms with E-state index in [9.17, 15) is 9.59 Å². The second-order valence-electron chi connectivity index (χ2n) is 9.44. The Morgan fingerprint density at radius 3 is 2.79 bits per heavy atom. The highest BCUT2D eigenvalue weighted by Gasteiger charge is 2.51. The molecule has 0 bridgehead atoms. The number of carbonyl (C=O) groups is 2. The van der Waals surface area contributed by atoms with Gasteiger partial charge < -0.3 is 19.7 Å². The number of hydrogen-bond acceptors (Lipinski definition) is 4. The van der Waals surface area contributed by atoms with E-state index in [1.165, 1.54) is 12.5 Å². The molecule has 5 atom stereocenters. The van der Waals surface area contributed by atoms with Gasteiger partial charge in [0.15, 0.2) is 0 Å². The van der Waals surface area contributed by atoms with Gasteiger partial charge in [-0.15, -0.1) is 0 Å². The topological polar surface area (TPSA) is 67.9 Å². The molecule has 2 saturated heterocycles. The number of likely N-dealkylation sites (tertiary alicyclic amines) is 1. The molecule has 3 heterocycles. The van der Waals surface area contributed by atoms with Crippen molar-refractivity contribution in [2.24, 2.45) is 11.8 Å². The summed E-state index contributed by atoms with van der Waals surface area (Å²) < 4.78 is 13.1. The lowest BCUT2D eigenvalue weighted by molar-refractivity contribution is -0.189. The number of fused-ring (bicyclic) bond motifs is 4. The third-order valence-corrected chi connectivity index (χ3v) is 6.75. The monoisotopic (exact) mass is 400 g/mol. The Hall–Kier alpha value is -2.08. The highest BCUT2D eigenvalue weighted by Crippen LogP contribution is 2.53. The molecule has 3 aliphatic heterocycles. The molecule has 1 N–H and O–H groups in total. The van der Waals surface area contributed by atoms with Gasteiger partial charge in [-0.1, -0.05) is 12.1 Å². The maximum absolute atomic E-state index is 12.8. The number of hydrogen-bond donors (Lipinski definition) is 1. The Balaban J connectivity index is 1.52. The number of nitrogens with one attached hydrogen (secondary N) is 1. The lowest BCUT2D eigenvalue weighted by Crippen LogP contribution is -2.57. The standard InChI is InChI=1S/C23H32N2O4/c1-13-6-7-17-20(10-13)29-23(4,5)18-11-16-12-25(9-8-19(16)28-21(17)18)22(27)14(2)24-15(3)26/h6-7,10,14,16,18-19,21H,8-9,11-12H2,1-5H3,(H,24,26)/t14-,16-,18+,19+,21-/m1/s1. The van der Waals surface area contributed by atoms with Crippen molar-refractivity contribution in [3.63, 3.8) is 0 Å². The molecule has 2 amide bonds. The van der Waals surface area contributed by atoms with Crippen molar-refractivity contribution in [3.05, 3.63) is 29.3 Å². The van der Waals surface area contributed by atoms with Crippen LogP contribution in [0.4, 0.5) is 0 Å². The number of aryl methyl sites for hydroxylation is 1. The molecule has 0 saturated carbocycles. The van der Waals surface area contributed by atoms with E-state index >= 15 is 0 Å². The van der Waals surface area contributed by atoms with E-state index in [1.807, 2.05) is 4.90 Å². The molecule has 0 aromatic heterocycles. The zero-order valence-electron chi connectivity index (χ0n) is 18.0. The molecule has 6 heteroatoms. The van der Waals surface area contributed by atoms with E-state index in [2.05, 4.69) is 44.3 Å². The summed E-state index contributed by atoms with van der Waals surface area (Å²) in [6, 6.07) is 5.88. The van der Waals surface area contributed by atoms with E-state index in [0.29, 0.717) is 13.1 Å². The Morgan fingerprint density at radius 2 is 2.07 bits per heavy atom. The van der Waals surface area contributed by atoms with Gasteiger partial charge in [0.25, 0.3) is 0 Å². The van der Waals surface area contributed by atoms with Crippen LogP contribution in [0.5, 0.6) is 5.75 Å². The highest BCUT2D eigenvalue weighted by molar-refractivity contribution is 5.86. The smallest absolute Gasteiger partial charge is 0.244 e. The largest absolute Gasteiger partial charge is 0.487 e. The number of amides is 2. The van der Waals surface area contributed by atoms with E-state index in [4.69, 9.17) is 9.47 Å². The summed E-state index contributed by atoms with van der Waals surface area (Å²) >= 11 is 0. The summed E-state index contributed by atoms with van der Waals surface area (Å²) in [4.78, 5) is 26.0. The van der Waals surface area contributed by atoms with E-state index < -0.39 is 6.04 Å². The fourth-order valence-corrected chi connectivity index (χ4v) is 5.25. The van der Waals surface area contributed by atoms with Crippen LogP contribution in [0.2, 0.25) is 0 Å². The average molecular weight is 401 g/mol. The van der Waals surface area contributed by atoms with Crippen LogP contribution in [0.15, 0.2) is 18.2 Å². The van der Waals surface area contributed by atoms with E-state index in [1.54, 1.807) is 6.92 Å². The second kappa shape index (κ2) is 7.31. The molecule has 29 heavy (non-hydrogen) atoms. The normalized spacial score (nSPS) is 30.9. The molecule has 3 aliphatic rings. The van der Waals surface area contributed by atoms with Gasteiger partial charge in [-0.3, -0.25) is 9.59 Å². The first kappa shape index (κ1) is 20.2. The minimum atomic E-state index is -0.495. The molecule has 4 rings (SSSR count). The Kier molecular flexibility index (Phi) is 5.09. The van der Waals surface area contributed by atoms with Crippen LogP contribution in [0.25, 0.3) is 0 Å². The molecule has 0 unspecified atom stereocenters. The first-order chi connectivity index (χ1) is 13.7. The van der Waals surface area contributed by atoms with Crippen LogP contribution in [-0.4, -0.2) is 47.6 Å². The van der Waals surface area contributed by atoms with Gasteiger partial charge in [-0.2, -0.15) is 0 Å². The lowest BCUT2D eigenvalue weighted by atomic mass is 9.70. The van der Waals surface area contributed by atoms with Gasteiger partial charge in [0, 0.05) is 37.4 Å². The van der Waals surface area contributed by atoms with Crippen molar-refractivity contribution in [2.75, 3.05) is 13.1 Å². The lowest BCUT2D eigenvalue weighted by Gasteiger charge is -2.53. The number of ether oxygens (including phenoxy) is 2. The number of nitrogens with zero attached hydrogens (tertiary/aromatic N) is 1. The summed E-state index contributed by atoms with van der Waals surface area (Å²) in [5.74, 6) is 1.27. The van der Waals surface area contributed by atoms with Crippen molar-refractivity contribution < 1.29 is 19.1 Å². The van der Waals surface area contributed by atoms with Gasteiger partial charge in [0.2, 0.25) is 11.8 Å². The van der Waals surface area contributed by atoms with Crippen LogP contribution in [0.1, 0.15) is 57.8 Å². The molecule has 1 aromatic rings. The van der Waals surface area contributed by atoms with Crippen LogP contribution >= 0.6 is 0 Å². The number of rotatable bonds is 2. The van der Waals surface area contributed by atoms with Gasteiger partial charge in [0.1, 0.15) is 17.4 Å². The number of benzene rings is 1. The van der Waals surface area contributed by atoms with Crippen LogP contribution in [-0.2, 0) is 14.3 Å². The van der Waals surface area contributed by atoms with E-state index in [-0.39, 0.29) is 41.5 Å². The SMILES string of the molecule is CC(=O)N[C@H](C)C(=O)N1CC[C@@H]2O[C@@H]3c4ccc(C)cc4OC(C)(C)[C@H]3C[C@@H]2C1. The summed E-state index contributed by atoms with van der Waals surface area (Å²) in [6.45, 7) is 10.9. The first-order valence-electron chi connectivity index (χ1n) is 10.7. The molecule has 0 radical (unpaired) electrons. The Labute approximate surface area is 172 Å². The summed E-state index contributed by atoms with van der Waals surface area (Å²) in [7, 11) is 0. The Morgan fingerprint density at radius 1 is 1.31 bits per heavy atom. The summed E-state index contributed by atoms with van der Waals surface area (Å²) in [6.07, 6.45) is 1.98. The number of piperidine rings is 1. The molecule has 0 spiro atoms. The third-order valence-electron chi connectivity index (χ3n) is 6.75. The summed E-state index contributed by atoms with van der Waals surface area (Å²) in [5, 5.41) is 2.70. The van der Waals surface area contributed by atoms with Crippen LogP contribution in [0.3, 0.4) is 0 Å². The molecule has 2 fully saturated rings. The predicted octanol–water partition coefficient (Wildman–Crippen LogP) is 2.99. The molecular weight excluding hydrogens is 368 g/mol. The zero-order valence-corrected chi connectivity index (χ0v) is 18.0. The third kappa shape index (κ3) is 3.75. The first-order valence-corrected chi connectivity index (χ1v) is 10.7. The molecule has 1 aromatic carbocycles. The maximum Gasteiger partial charge on any atom is 0.244 e. The zero-order chi connectivity index (χ0) is 20.9. The fraction of sp³-hybridized carbons (Fsp3) is 0.652. The fourth-order valence-electron chi connectivity index (χ4n) is 5.25. The minimum absolute atomic E-state index is 0.0132. The van der Waals surface area contributed by atoms with Crippen LogP contribution < -0.4 is 10.1 Å². The van der Waals surface area contributed by atoms with Crippen molar-refractivity contribution in [3.8, 4) is 5.75 Å². The molecule has 158 valence electrons. The van der Waals surface area contributed by atoms with Crippen molar-refractivity contribution >= 4 is 11.8 Å². The van der Waals surface area contributed by atoms with E-state index in [0.717, 1.165) is 24.2 Å².